The minimum atomic E-state index is -3.83. The summed E-state index contributed by atoms with van der Waals surface area (Å²) in [7, 11) is -3.83. The zero-order valence-electron chi connectivity index (χ0n) is 19.9. The monoisotopic (exact) mass is 496 g/mol. The smallest absolute Gasteiger partial charge is 0.338 e. The van der Waals surface area contributed by atoms with Gasteiger partial charge in [0.2, 0.25) is 10.0 Å². The highest BCUT2D eigenvalue weighted by Gasteiger charge is 2.51. The molecule has 6 rings (SSSR count). The third kappa shape index (κ3) is 5.28. The Morgan fingerprint density at radius 1 is 0.971 bits per heavy atom. The van der Waals surface area contributed by atoms with Crippen LogP contribution in [0.4, 0.5) is 0 Å². The number of ether oxygens (including phenoxy) is 1. The van der Waals surface area contributed by atoms with Gasteiger partial charge in [0.15, 0.2) is 6.10 Å². The van der Waals surface area contributed by atoms with Crippen molar-refractivity contribution in [3.05, 3.63) is 65.7 Å². The molecule has 0 heterocycles. The summed E-state index contributed by atoms with van der Waals surface area (Å²) in [4.78, 5) is 25.7. The standard InChI is InChI=1S/C27H32N2O5S/c1-18(25(30)29-27-14-20-10-21(15-27)12-22(11-20)16-27)34-26(31)23-8-5-9-24(13-23)35(32,33)28-17-19-6-3-2-4-7-19/h2-9,13,18,20-22,28H,10-12,14-17H2,1H3,(H,29,30)/t18-,20?,21?,22?,27?/m0/s1. The molecule has 1 amide bonds. The number of carbonyl (C=O) groups excluding carboxylic acids is 2. The van der Waals surface area contributed by atoms with Crippen molar-refractivity contribution in [2.45, 2.75) is 68.5 Å². The predicted molar refractivity (Wildman–Crippen MR) is 131 cm³/mol. The van der Waals surface area contributed by atoms with E-state index < -0.39 is 22.1 Å². The van der Waals surface area contributed by atoms with Crippen molar-refractivity contribution in [2.75, 3.05) is 0 Å². The molecular formula is C27H32N2O5S. The van der Waals surface area contributed by atoms with Gasteiger partial charge in [-0.25, -0.2) is 17.9 Å². The molecular weight excluding hydrogens is 464 g/mol. The number of hydrogen-bond donors (Lipinski definition) is 2. The van der Waals surface area contributed by atoms with Crippen LogP contribution in [0.2, 0.25) is 0 Å². The first-order chi connectivity index (χ1) is 16.7. The minimum absolute atomic E-state index is 0.0337. The van der Waals surface area contributed by atoms with Gasteiger partial charge in [-0.05, 0) is 87.0 Å². The van der Waals surface area contributed by atoms with Gasteiger partial charge in [0.05, 0.1) is 10.5 Å². The lowest BCUT2D eigenvalue weighted by Gasteiger charge is -2.57. The Morgan fingerprint density at radius 2 is 1.60 bits per heavy atom. The normalized spacial score (nSPS) is 27.9. The fourth-order valence-corrected chi connectivity index (χ4v) is 7.62. The molecule has 0 radical (unpaired) electrons. The van der Waals surface area contributed by atoms with Gasteiger partial charge in [-0.15, -0.1) is 0 Å². The molecule has 4 aliphatic rings. The number of hydrogen-bond acceptors (Lipinski definition) is 5. The summed E-state index contributed by atoms with van der Waals surface area (Å²) in [6, 6.07) is 14.9. The third-order valence-corrected chi connectivity index (χ3v) is 9.17. The average molecular weight is 497 g/mol. The van der Waals surface area contributed by atoms with Gasteiger partial charge in [0.25, 0.3) is 5.91 Å². The first-order valence-electron chi connectivity index (χ1n) is 12.4. The van der Waals surface area contributed by atoms with E-state index in [2.05, 4.69) is 10.0 Å². The van der Waals surface area contributed by atoms with Crippen molar-refractivity contribution >= 4 is 21.9 Å². The van der Waals surface area contributed by atoms with Crippen LogP contribution in [-0.4, -0.2) is 31.9 Å². The first kappa shape index (κ1) is 24.0. The molecule has 0 spiro atoms. The second-order valence-corrected chi connectivity index (χ2v) is 12.3. The topological polar surface area (TPSA) is 102 Å². The number of amides is 1. The van der Waals surface area contributed by atoms with Gasteiger partial charge < -0.3 is 10.1 Å². The van der Waals surface area contributed by atoms with Crippen LogP contribution in [0.1, 0.15) is 61.4 Å². The van der Waals surface area contributed by atoms with E-state index >= 15 is 0 Å². The van der Waals surface area contributed by atoms with Crippen molar-refractivity contribution in [1.82, 2.24) is 10.0 Å². The maximum Gasteiger partial charge on any atom is 0.338 e. The van der Waals surface area contributed by atoms with E-state index in [0.717, 1.165) is 24.8 Å². The van der Waals surface area contributed by atoms with Crippen molar-refractivity contribution in [2.24, 2.45) is 17.8 Å². The maximum atomic E-state index is 12.9. The van der Waals surface area contributed by atoms with Crippen LogP contribution in [0.15, 0.2) is 59.5 Å². The highest BCUT2D eigenvalue weighted by atomic mass is 32.2. The fraction of sp³-hybridized carbons (Fsp3) is 0.481. The lowest BCUT2D eigenvalue weighted by atomic mass is 9.53. The molecule has 2 N–H and O–H groups in total. The molecule has 186 valence electrons. The fourth-order valence-electron chi connectivity index (χ4n) is 6.56. The molecule has 0 unspecified atom stereocenters. The first-order valence-corrected chi connectivity index (χ1v) is 13.9. The quantitative estimate of drug-likeness (QED) is 0.542. The Balaban J connectivity index is 1.20. The number of sulfonamides is 1. The van der Waals surface area contributed by atoms with Gasteiger partial charge in [0, 0.05) is 12.1 Å². The van der Waals surface area contributed by atoms with E-state index in [-0.39, 0.29) is 28.4 Å². The average Bonchev–Trinajstić information content (AvgIpc) is 2.82. The molecule has 8 heteroatoms. The Morgan fingerprint density at radius 3 is 2.23 bits per heavy atom. The van der Waals surface area contributed by atoms with E-state index in [9.17, 15) is 18.0 Å². The number of carbonyl (C=O) groups is 2. The van der Waals surface area contributed by atoms with E-state index in [4.69, 9.17) is 4.74 Å². The Hall–Kier alpha value is -2.71. The number of benzene rings is 2. The largest absolute Gasteiger partial charge is 0.449 e. The van der Waals surface area contributed by atoms with Crippen molar-refractivity contribution in [3.8, 4) is 0 Å². The molecule has 7 nitrogen and oxygen atoms in total. The second-order valence-electron chi connectivity index (χ2n) is 10.6. The molecule has 2 aromatic rings. The lowest BCUT2D eigenvalue weighted by molar-refractivity contribution is -0.134. The van der Waals surface area contributed by atoms with Crippen molar-refractivity contribution in [1.29, 1.82) is 0 Å². The second kappa shape index (κ2) is 9.39. The molecule has 0 saturated heterocycles. The summed E-state index contributed by atoms with van der Waals surface area (Å²) < 4.78 is 33.5. The highest BCUT2D eigenvalue weighted by Crippen LogP contribution is 2.55. The molecule has 4 aliphatic carbocycles. The number of esters is 1. The Bertz CT molecular complexity index is 1180. The van der Waals surface area contributed by atoms with Crippen LogP contribution < -0.4 is 10.0 Å². The molecule has 2 aromatic carbocycles. The molecule has 0 aliphatic heterocycles. The lowest BCUT2D eigenvalue weighted by Crippen LogP contribution is -2.61. The SMILES string of the molecule is C[C@H](OC(=O)c1cccc(S(=O)(=O)NCc2ccccc2)c1)C(=O)NC12CC3CC(CC(C3)C1)C2. The molecule has 0 aromatic heterocycles. The van der Waals surface area contributed by atoms with Crippen LogP contribution in [-0.2, 0) is 26.1 Å². The third-order valence-electron chi connectivity index (χ3n) is 7.77. The van der Waals surface area contributed by atoms with Crippen LogP contribution in [0.5, 0.6) is 0 Å². The minimum Gasteiger partial charge on any atom is -0.449 e. The summed E-state index contributed by atoms with van der Waals surface area (Å²) in [5.41, 5.74) is 0.748. The molecule has 4 bridgehead atoms. The summed E-state index contributed by atoms with van der Waals surface area (Å²) >= 11 is 0. The summed E-state index contributed by atoms with van der Waals surface area (Å²) in [5, 5.41) is 3.23. The van der Waals surface area contributed by atoms with Crippen LogP contribution >= 0.6 is 0 Å². The van der Waals surface area contributed by atoms with E-state index in [1.54, 1.807) is 6.92 Å². The van der Waals surface area contributed by atoms with Crippen LogP contribution in [0.3, 0.4) is 0 Å². The number of rotatable bonds is 8. The Kier molecular flexibility index (Phi) is 6.44. The zero-order valence-corrected chi connectivity index (χ0v) is 20.7. The van der Waals surface area contributed by atoms with E-state index in [1.165, 1.54) is 43.5 Å². The molecule has 4 saturated carbocycles. The molecule has 35 heavy (non-hydrogen) atoms. The Labute approximate surface area is 206 Å². The van der Waals surface area contributed by atoms with E-state index in [0.29, 0.717) is 17.8 Å². The van der Waals surface area contributed by atoms with Gasteiger partial charge in [-0.3, -0.25) is 4.79 Å². The van der Waals surface area contributed by atoms with Gasteiger partial charge in [-0.2, -0.15) is 0 Å². The predicted octanol–water partition coefficient (Wildman–Crippen LogP) is 3.80. The molecule has 4 fully saturated rings. The van der Waals surface area contributed by atoms with Crippen molar-refractivity contribution in [3.63, 3.8) is 0 Å². The van der Waals surface area contributed by atoms with E-state index in [1.807, 2.05) is 30.3 Å². The van der Waals surface area contributed by atoms with Crippen LogP contribution in [0.25, 0.3) is 0 Å². The molecule has 1 atom stereocenters. The zero-order chi connectivity index (χ0) is 24.6. The van der Waals surface area contributed by atoms with Gasteiger partial charge >= 0.3 is 5.97 Å². The highest BCUT2D eigenvalue weighted by molar-refractivity contribution is 7.89. The van der Waals surface area contributed by atoms with Gasteiger partial charge in [-0.1, -0.05) is 36.4 Å². The van der Waals surface area contributed by atoms with Crippen LogP contribution in [0, 0.1) is 17.8 Å². The summed E-state index contributed by atoms with van der Waals surface area (Å²) in [6.07, 6.45) is 5.91. The van der Waals surface area contributed by atoms with Crippen molar-refractivity contribution < 1.29 is 22.7 Å². The summed E-state index contributed by atoms with van der Waals surface area (Å²) in [6.45, 7) is 1.70. The summed E-state index contributed by atoms with van der Waals surface area (Å²) in [5.74, 6) is 1.07. The van der Waals surface area contributed by atoms with Gasteiger partial charge in [0.1, 0.15) is 0 Å². The number of nitrogens with one attached hydrogen (secondary N) is 2. The maximum absolute atomic E-state index is 12.9.